The standard InChI is InChI=1S/C8H10N4S/c1-5-10-6-7(11-5)12(2)4-9-8(6)13-3/h4H,1-3H3. The van der Waals surface area contributed by atoms with Crippen LogP contribution in [0.15, 0.2) is 11.4 Å². The Hall–Kier alpha value is -1.10. The van der Waals surface area contributed by atoms with Crippen molar-refractivity contribution in [2.45, 2.75) is 11.9 Å². The number of nitrogens with zero attached hydrogens (tertiary/aromatic N) is 4. The Labute approximate surface area is 80.8 Å². The number of rotatable bonds is 1. The lowest BCUT2D eigenvalue weighted by Gasteiger charge is -2.05. The summed E-state index contributed by atoms with van der Waals surface area (Å²) in [5, 5.41) is 0.939. The lowest BCUT2D eigenvalue weighted by Crippen LogP contribution is -2.00. The molecule has 0 bridgehead atoms. The Morgan fingerprint density at radius 1 is 1.38 bits per heavy atom. The second-order valence-electron chi connectivity index (χ2n) is 2.81. The molecule has 0 saturated heterocycles. The predicted octanol–water partition coefficient (Wildman–Crippen LogP) is 1.35. The normalized spacial score (nSPS) is 11.0. The molecular formula is C8H10N4S. The molecule has 0 aliphatic carbocycles. The van der Waals surface area contributed by atoms with Crippen LogP contribution in [-0.2, 0) is 7.05 Å². The summed E-state index contributed by atoms with van der Waals surface area (Å²) in [7, 11) is 1.92. The molecule has 2 heterocycles. The van der Waals surface area contributed by atoms with Crippen LogP contribution in [0.5, 0.6) is 0 Å². The maximum Gasteiger partial charge on any atom is 0.164 e. The number of imidazole rings is 1. The van der Waals surface area contributed by atoms with Crippen molar-refractivity contribution in [2.75, 3.05) is 6.26 Å². The van der Waals surface area contributed by atoms with E-state index in [0.29, 0.717) is 0 Å². The van der Waals surface area contributed by atoms with Crippen molar-refractivity contribution in [2.24, 2.45) is 7.05 Å². The zero-order chi connectivity index (χ0) is 9.42. The minimum atomic E-state index is 0.800. The molecule has 0 aromatic rings. The van der Waals surface area contributed by atoms with Gasteiger partial charge >= 0.3 is 0 Å². The summed E-state index contributed by atoms with van der Waals surface area (Å²) in [4.78, 5) is 12.9. The van der Waals surface area contributed by atoms with Crippen LogP contribution in [0, 0.1) is 6.92 Å². The molecule has 4 nitrogen and oxygen atoms in total. The highest BCUT2D eigenvalue weighted by molar-refractivity contribution is 7.98. The molecule has 0 radical (unpaired) electrons. The van der Waals surface area contributed by atoms with E-state index in [-0.39, 0.29) is 0 Å². The summed E-state index contributed by atoms with van der Waals surface area (Å²) in [5.74, 6) is 1.70. The molecule has 0 aromatic carbocycles. The van der Waals surface area contributed by atoms with Crippen LogP contribution < -0.4 is 0 Å². The van der Waals surface area contributed by atoms with Gasteiger partial charge in [-0.25, -0.2) is 15.0 Å². The number of hydrogen-bond acceptors (Lipinski definition) is 4. The molecule has 68 valence electrons. The van der Waals surface area contributed by atoms with Gasteiger partial charge in [-0.2, -0.15) is 0 Å². The number of aryl methyl sites for hydroxylation is 2. The summed E-state index contributed by atoms with van der Waals surface area (Å²) in [6, 6.07) is 0. The molecule has 2 aliphatic heterocycles. The molecular weight excluding hydrogens is 184 g/mol. The Morgan fingerprint density at radius 2 is 2.15 bits per heavy atom. The van der Waals surface area contributed by atoms with Gasteiger partial charge in [-0.15, -0.1) is 11.8 Å². The van der Waals surface area contributed by atoms with E-state index in [1.807, 2.05) is 24.8 Å². The van der Waals surface area contributed by atoms with Crippen LogP contribution in [0.1, 0.15) is 5.82 Å². The van der Waals surface area contributed by atoms with E-state index in [9.17, 15) is 0 Å². The Bertz CT molecular complexity index is 409. The van der Waals surface area contributed by atoms with Gasteiger partial charge in [0.05, 0.1) is 6.33 Å². The first kappa shape index (κ1) is 8.50. The molecule has 5 heteroatoms. The molecule has 0 aromatic heterocycles. The van der Waals surface area contributed by atoms with Gasteiger partial charge in [0.25, 0.3) is 0 Å². The van der Waals surface area contributed by atoms with Crippen molar-refractivity contribution >= 4 is 11.8 Å². The Balaban J connectivity index is 2.73. The summed E-state index contributed by atoms with van der Waals surface area (Å²) >= 11 is 1.59. The Kier molecular flexibility index (Phi) is 1.95. The molecule has 0 unspecified atom stereocenters. The molecule has 0 N–H and O–H groups in total. The largest absolute Gasteiger partial charge is 0.318 e. The zero-order valence-corrected chi connectivity index (χ0v) is 8.59. The maximum atomic E-state index is 4.33. The van der Waals surface area contributed by atoms with Gasteiger partial charge in [0.15, 0.2) is 5.82 Å². The van der Waals surface area contributed by atoms with Crippen molar-refractivity contribution in [3.05, 3.63) is 12.2 Å². The van der Waals surface area contributed by atoms with Crippen molar-refractivity contribution in [3.8, 4) is 11.5 Å². The molecule has 0 fully saturated rings. The van der Waals surface area contributed by atoms with Gasteiger partial charge in [-0.05, 0) is 13.2 Å². The monoisotopic (exact) mass is 194 g/mol. The predicted molar refractivity (Wildman–Crippen MR) is 51.9 cm³/mol. The van der Waals surface area contributed by atoms with Gasteiger partial charge in [-0.3, -0.25) is 0 Å². The maximum absolute atomic E-state index is 4.33. The molecule has 13 heavy (non-hydrogen) atoms. The van der Waals surface area contributed by atoms with Crippen molar-refractivity contribution in [1.82, 2.24) is 19.5 Å². The van der Waals surface area contributed by atoms with Gasteiger partial charge in [0, 0.05) is 7.05 Å². The fourth-order valence-electron chi connectivity index (χ4n) is 1.24. The van der Waals surface area contributed by atoms with Crippen molar-refractivity contribution < 1.29 is 0 Å². The van der Waals surface area contributed by atoms with Gasteiger partial charge in [0.1, 0.15) is 16.5 Å². The quantitative estimate of drug-likeness (QED) is 0.507. The number of fused-ring (bicyclic) bond motifs is 1. The highest BCUT2D eigenvalue weighted by Gasteiger charge is 2.15. The van der Waals surface area contributed by atoms with Crippen molar-refractivity contribution in [1.29, 1.82) is 0 Å². The Morgan fingerprint density at radius 3 is 2.85 bits per heavy atom. The first-order chi connectivity index (χ1) is 6.22. The molecule has 2 aliphatic rings. The first-order valence-electron chi connectivity index (χ1n) is 3.92. The van der Waals surface area contributed by atoms with Crippen LogP contribution in [0.4, 0.5) is 0 Å². The fourth-order valence-corrected chi connectivity index (χ4v) is 1.72. The smallest absolute Gasteiger partial charge is 0.164 e. The van der Waals surface area contributed by atoms with Crippen LogP contribution in [0.2, 0.25) is 0 Å². The van der Waals surface area contributed by atoms with Gasteiger partial charge in [0.2, 0.25) is 0 Å². The summed E-state index contributed by atoms with van der Waals surface area (Å²) in [6.45, 7) is 1.89. The number of hydrogen-bond donors (Lipinski definition) is 0. The molecule has 0 spiro atoms. The van der Waals surface area contributed by atoms with Crippen LogP contribution >= 0.6 is 11.8 Å². The van der Waals surface area contributed by atoms with Crippen molar-refractivity contribution in [3.63, 3.8) is 0 Å². The van der Waals surface area contributed by atoms with E-state index in [1.54, 1.807) is 18.1 Å². The van der Waals surface area contributed by atoms with Gasteiger partial charge < -0.3 is 4.57 Å². The van der Waals surface area contributed by atoms with E-state index in [0.717, 1.165) is 22.4 Å². The summed E-state index contributed by atoms with van der Waals surface area (Å²) < 4.78 is 1.88. The number of aromatic nitrogens is 4. The zero-order valence-electron chi connectivity index (χ0n) is 7.77. The molecule has 0 atom stereocenters. The minimum Gasteiger partial charge on any atom is -0.318 e. The summed E-state index contributed by atoms with van der Waals surface area (Å²) in [5.41, 5.74) is 0.898. The third kappa shape index (κ3) is 1.29. The highest BCUT2D eigenvalue weighted by Crippen LogP contribution is 2.26. The average molecular weight is 194 g/mol. The third-order valence-corrected chi connectivity index (χ3v) is 2.52. The lowest BCUT2D eigenvalue weighted by atomic mass is 10.4. The van der Waals surface area contributed by atoms with E-state index in [4.69, 9.17) is 0 Å². The molecule has 0 saturated carbocycles. The van der Waals surface area contributed by atoms with E-state index < -0.39 is 0 Å². The summed E-state index contributed by atoms with van der Waals surface area (Å²) in [6.07, 6.45) is 3.76. The van der Waals surface area contributed by atoms with E-state index in [2.05, 4.69) is 15.0 Å². The third-order valence-electron chi connectivity index (χ3n) is 1.83. The highest BCUT2D eigenvalue weighted by atomic mass is 32.2. The number of thioether (sulfide) groups is 1. The lowest BCUT2D eigenvalue weighted by molar-refractivity contribution is 0.823. The van der Waals surface area contributed by atoms with E-state index in [1.165, 1.54) is 0 Å². The van der Waals surface area contributed by atoms with Gasteiger partial charge in [-0.1, -0.05) is 0 Å². The molecule has 2 rings (SSSR count). The SMILES string of the molecule is CSc1ncn(C)c2nc(C)nc1-2. The second-order valence-corrected chi connectivity index (χ2v) is 3.60. The fraction of sp³-hybridized carbons (Fsp3) is 0.375. The second kappa shape index (κ2) is 2.99. The molecule has 0 amide bonds. The van der Waals surface area contributed by atoms with Crippen LogP contribution in [-0.4, -0.2) is 25.8 Å². The topological polar surface area (TPSA) is 43.6 Å². The van der Waals surface area contributed by atoms with E-state index >= 15 is 0 Å². The van der Waals surface area contributed by atoms with Crippen LogP contribution in [0.3, 0.4) is 0 Å². The minimum absolute atomic E-state index is 0.800. The average Bonchev–Trinajstić information content (AvgIpc) is 2.48. The van der Waals surface area contributed by atoms with Crippen LogP contribution in [0.25, 0.3) is 11.5 Å². The first-order valence-corrected chi connectivity index (χ1v) is 5.14.